The van der Waals surface area contributed by atoms with Crippen LogP contribution in [-0.2, 0) is 14.3 Å². The van der Waals surface area contributed by atoms with Gasteiger partial charge in [-0.1, -0.05) is 245 Å². The third-order valence-corrected chi connectivity index (χ3v) is 11.0. The van der Waals surface area contributed by atoms with Crippen LogP contribution >= 0.6 is 0 Å². The van der Waals surface area contributed by atoms with E-state index in [1.807, 2.05) is 0 Å². The van der Waals surface area contributed by atoms with Crippen molar-refractivity contribution >= 4 is 11.8 Å². The Bertz CT molecular complexity index is 728. The number of esters is 1. The average molecular weight is 717 g/mol. The van der Waals surface area contributed by atoms with Crippen LogP contribution in [0.1, 0.15) is 277 Å². The zero-order chi connectivity index (χ0) is 37.1. The molecule has 0 aromatic rings. The minimum atomic E-state index is -0.256. The smallest absolute Gasteiger partial charge is 0.333 e. The minimum Gasteiger partial charge on any atom is -0.462 e. The summed E-state index contributed by atoms with van der Waals surface area (Å²) in [5.74, 6) is 0.263. The fraction of sp³-hybridized carbons (Fsp3) is 0.917. The molecule has 0 atom stereocenters. The quantitative estimate of drug-likeness (QED) is 0.0358. The van der Waals surface area contributed by atoms with Gasteiger partial charge in [-0.15, -0.1) is 0 Å². The summed E-state index contributed by atoms with van der Waals surface area (Å²) in [6.45, 7) is 8.14. The first-order valence-corrected chi connectivity index (χ1v) is 23.4. The molecule has 0 rings (SSSR count). The fourth-order valence-corrected chi connectivity index (χ4v) is 7.42. The van der Waals surface area contributed by atoms with Gasteiger partial charge in [0.25, 0.3) is 0 Å². The van der Waals surface area contributed by atoms with Gasteiger partial charge in [0.15, 0.2) is 0 Å². The first-order chi connectivity index (χ1) is 25.1. The van der Waals surface area contributed by atoms with E-state index in [4.69, 9.17) is 4.74 Å². The third-order valence-electron chi connectivity index (χ3n) is 11.0. The number of ketones is 1. The average Bonchev–Trinajstić information content (AvgIpc) is 3.12. The number of unbranched alkanes of at least 4 members (excludes halogenated alkanes) is 37. The fourth-order valence-electron chi connectivity index (χ4n) is 7.42. The molecule has 51 heavy (non-hydrogen) atoms. The Kier molecular flexibility index (Phi) is 42.3. The number of rotatable bonds is 44. The van der Waals surface area contributed by atoms with Gasteiger partial charge in [-0.2, -0.15) is 0 Å². The summed E-state index contributed by atoms with van der Waals surface area (Å²) >= 11 is 0. The van der Waals surface area contributed by atoms with E-state index in [2.05, 4.69) is 13.5 Å². The SMILES string of the molecule is C=C(C)C(=O)OCCCCCCCCCCCCCCCCCCCCCCC(=O)CCCCCCCCCCCCCCCCCCCCC. The van der Waals surface area contributed by atoms with Gasteiger partial charge in [0, 0.05) is 18.4 Å². The second kappa shape index (κ2) is 43.3. The Hall–Kier alpha value is -1.12. The van der Waals surface area contributed by atoms with Gasteiger partial charge in [0.1, 0.15) is 5.78 Å². The van der Waals surface area contributed by atoms with Crippen LogP contribution in [0.2, 0.25) is 0 Å². The van der Waals surface area contributed by atoms with Gasteiger partial charge in [-0.25, -0.2) is 4.79 Å². The van der Waals surface area contributed by atoms with Crippen LogP contribution in [0.3, 0.4) is 0 Å². The molecule has 0 N–H and O–H groups in total. The van der Waals surface area contributed by atoms with Crippen molar-refractivity contribution in [2.45, 2.75) is 277 Å². The van der Waals surface area contributed by atoms with Crippen LogP contribution in [-0.4, -0.2) is 18.4 Å². The van der Waals surface area contributed by atoms with E-state index in [1.54, 1.807) is 6.92 Å². The molecule has 0 fully saturated rings. The highest BCUT2D eigenvalue weighted by Gasteiger charge is 2.04. The van der Waals surface area contributed by atoms with Crippen molar-refractivity contribution in [1.82, 2.24) is 0 Å². The lowest BCUT2D eigenvalue weighted by Gasteiger charge is -2.05. The molecule has 3 heteroatoms. The molecule has 0 unspecified atom stereocenters. The predicted molar refractivity (Wildman–Crippen MR) is 226 cm³/mol. The van der Waals surface area contributed by atoms with E-state index in [0.717, 1.165) is 38.5 Å². The standard InChI is InChI=1S/C48H92O3/c1-4-5-6-7-8-9-10-11-12-13-16-19-22-25-28-31-34-37-40-43-47(49)44-41-38-35-32-29-26-23-20-17-14-15-18-21-24-27-30-33-36-39-42-45-51-48(50)46(2)3/h2,4-45H2,1,3H3. The predicted octanol–water partition coefficient (Wildman–Crippen LogP) is 16.7. The van der Waals surface area contributed by atoms with Crippen molar-refractivity contribution in [1.29, 1.82) is 0 Å². The van der Waals surface area contributed by atoms with Gasteiger partial charge in [0.05, 0.1) is 6.61 Å². The van der Waals surface area contributed by atoms with Crippen LogP contribution in [0.25, 0.3) is 0 Å². The molecule has 0 aromatic heterocycles. The number of carbonyl (C=O) groups excluding carboxylic acids is 2. The van der Waals surface area contributed by atoms with E-state index in [0.29, 0.717) is 18.0 Å². The molecule has 0 aliphatic rings. The van der Waals surface area contributed by atoms with Crippen molar-refractivity contribution in [3.63, 3.8) is 0 Å². The zero-order valence-corrected chi connectivity index (χ0v) is 35.1. The topological polar surface area (TPSA) is 43.4 Å². The summed E-state index contributed by atoms with van der Waals surface area (Å²) in [6, 6.07) is 0. The van der Waals surface area contributed by atoms with Crippen LogP contribution in [0.4, 0.5) is 0 Å². The molecule has 0 amide bonds. The minimum absolute atomic E-state index is 0.256. The van der Waals surface area contributed by atoms with Crippen molar-refractivity contribution in [3.05, 3.63) is 12.2 Å². The lowest BCUT2D eigenvalue weighted by Crippen LogP contribution is -2.05. The maximum Gasteiger partial charge on any atom is 0.333 e. The molecule has 0 aromatic carbocycles. The summed E-state index contributed by atoms with van der Waals surface area (Å²) in [6.07, 6.45) is 54.9. The molecule has 0 bridgehead atoms. The van der Waals surface area contributed by atoms with Gasteiger partial charge >= 0.3 is 5.97 Å². The number of hydrogen-bond donors (Lipinski definition) is 0. The Morgan fingerprint density at radius 3 is 0.804 bits per heavy atom. The van der Waals surface area contributed by atoms with Crippen molar-refractivity contribution < 1.29 is 14.3 Å². The van der Waals surface area contributed by atoms with Crippen LogP contribution < -0.4 is 0 Å². The lowest BCUT2D eigenvalue weighted by atomic mass is 10.0. The van der Waals surface area contributed by atoms with E-state index in [-0.39, 0.29) is 5.97 Å². The lowest BCUT2D eigenvalue weighted by molar-refractivity contribution is -0.139. The molecule has 0 aliphatic carbocycles. The normalized spacial score (nSPS) is 11.3. The summed E-state index contributed by atoms with van der Waals surface area (Å²) in [7, 11) is 0. The zero-order valence-electron chi connectivity index (χ0n) is 35.1. The molecule has 0 saturated heterocycles. The van der Waals surface area contributed by atoms with E-state index in [1.165, 1.54) is 225 Å². The summed E-state index contributed by atoms with van der Waals surface area (Å²) in [5.41, 5.74) is 0.490. The summed E-state index contributed by atoms with van der Waals surface area (Å²) in [5, 5.41) is 0. The molecule has 0 saturated carbocycles. The summed E-state index contributed by atoms with van der Waals surface area (Å²) < 4.78 is 5.14. The molecule has 302 valence electrons. The van der Waals surface area contributed by atoms with Gasteiger partial charge in [0.2, 0.25) is 0 Å². The molecule has 0 aliphatic heterocycles. The Balaban J connectivity index is 3.16. The molecule has 0 heterocycles. The van der Waals surface area contributed by atoms with Crippen LogP contribution in [0.5, 0.6) is 0 Å². The second-order valence-electron chi connectivity index (χ2n) is 16.4. The molecule has 0 spiro atoms. The second-order valence-corrected chi connectivity index (χ2v) is 16.4. The number of Topliss-reactive ketones (excluding diaryl/α,β-unsaturated/α-hetero) is 1. The highest BCUT2D eigenvalue weighted by molar-refractivity contribution is 5.86. The largest absolute Gasteiger partial charge is 0.462 e. The molecule has 0 radical (unpaired) electrons. The first kappa shape index (κ1) is 49.9. The molecular weight excluding hydrogens is 625 g/mol. The van der Waals surface area contributed by atoms with E-state index >= 15 is 0 Å². The Morgan fingerprint density at radius 2 is 0.569 bits per heavy atom. The van der Waals surface area contributed by atoms with Crippen molar-refractivity contribution in [3.8, 4) is 0 Å². The van der Waals surface area contributed by atoms with Crippen LogP contribution in [0.15, 0.2) is 12.2 Å². The van der Waals surface area contributed by atoms with E-state index < -0.39 is 0 Å². The molecule has 3 nitrogen and oxygen atoms in total. The Labute approximate surface area is 321 Å². The number of ether oxygens (including phenoxy) is 1. The van der Waals surface area contributed by atoms with Gasteiger partial charge in [-0.05, 0) is 26.2 Å². The monoisotopic (exact) mass is 717 g/mol. The van der Waals surface area contributed by atoms with Gasteiger partial charge < -0.3 is 4.74 Å². The third kappa shape index (κ3) is 43.2. The van der Waals surface area contributed by atoms with Crippen molar-refractivity contribution in [2.75, 3.05) is 6.61 Å². The maximum absolute atomic E-state index is 12.3. The number of hydrogen-bond acceptors (Lipinski definition) is 3. The van der Waals surface area contributed by atoms with Gasteiger partial charge in [-0.3, -0.25) is 4.79 Å². The summed E-state index contributed by atoms with van der Waals surface area (Å²) in [4.78, 5) is 23.6. The highest BCUT2D eigenvalue weighted by atomic mass is 16.5. The maximum atomic E-state index is 12.3. The molecular formula is C48H92O3. The number of carbonyl (C=O) groups is 2. The van der Waals surface area contributed by atoms with E-state index in [9.17, 15) is 9.59 Å². The highest BCUT2D eigenvalue weighted by Crippen LogP contribution is 2.17. The van der Waals surface area contributed by atoms with Crippen LogP contribution in [0, 0.1) is 0 Å². The van der Waals surface area contributed by atoms with Crippen molar-refractivity contribution in [2.24, 2.45) is 0 Å². The first-order valence-electron chi connectivity index (χ1n) is 23.4. The Morgan fingerprint density at radius 1 is 0.353 bits per heavy atom.